The summed E-state index contributed by atoms with van der Waals surface area (Å²) in [6.07, 6.45) is 3.56. The topological polar surface area (TPSA) is 66.4 Å². The molecule has 0 heterocycles. The van der Waals surface area contributed by atoms with Crippen molar-refractivity contribution in [2.45, 2.75) is 32.1 Å². The predicted octanol–water partition coefficient (Wildman–Crippen LogP) is 3.77. The van der Waals surface area contributed by atoms with Crippen molar-refractivity contribution in [1.82, 2.24) is 5.48 Å². The van der Waals surface area contributed by atoms with Crippen LogP contribution in [0.5, 0.6) is 0 Å². The Labute approximate surface area is 151 Å². The van der Waals surface area contributed by atoms with Gasteiger partial charge in [0.1, 0.15) is 5.78 Å². The van der Waals surface area contributed by atoms with Crippen molar-refractivity contribution in [1.29, 1.82) is 0 Å². The van der Waals surface area contributed by atoms with Crippen molar-refractivity contribution in [2.75, 3.05) is 0 Å². The molecule has 2 aromatic rings. The van der Waals surface area contributed by atoms with Crippen LogP contribution < -0.4 is 5.48 Å². The summed E-state index contributed by atoms with van der Waals surface area (Å²) in [6.45, 7) is 0. The molecule has 1 atom stereocenters. The molecule has 0 radical (unpaired) electrons. The van der Waals surface area contributed by atoms with E-state index in [0.717, 1.165) is 42.4 Å². The number of carbonyl (C=O) groups excluding carboxylic acids is 2. The molecule has 0 saturated heterocycles. The van der Waals surface area contributed by atoms with Gasteiger partial charge in [-0.1, -0.05) is 29.8 Å². The lowest BCUT2D eigenvalue weighted by atomic mass is 9.80. The van der Waals surface area contributed by atoms with E-state index >= 15 is 0 Å². The first-order valence-electron chi connectivity index (χ1n) is 8.40. The number of aryl methyl sites for hydroxylation is 2. The molecule has 25 heavy (non-hydrogen) atoms. The summed E-state index contributed by atoms with van der Waals surface area (Å²) in [5.74, 6) is -0.181. The Bertz CT molecular complexity index is 786. The SMILES string of the molecule is O=C(NO)c1ccc2c(c1)CCC(C(=O)CCc1ccc(Cl)cc1)C2. The highest BCUT2D eigenvalue weighted by atomic mass is 35.5. The maximum absolute atomic E-state index is 12.5. The fraction of sp³-hybridized carbons (Fsp3) is 0.300. The summed E-state index contributed by atoms with van der Waals surface area (Å²) >= 11 is 5.88. The number of Topliss-reactive ketones (excluding diaryl/α,β-unsaturated/α-hetero) is 1. The number of fused-ring (bicyclic) bond motifs is 1. The summed E-state index contributed by atoms with van der Waals surface area (Å²) in [4.78, 5) is 24.0. The largest absolute Gasteiger partial charge is 0.299 e. The van der Waals surface area contributed by atoms with E-state index in [1.807, 2.05) is 30.3 Å². The van der Waals surface area contributed by atoms with Gasteiger partial charge in [-0.2, -0.15) is 0 Å². The first-order chi connectivity index (χ1) is 12.1. The van der Waals surface area contributed by atoms with Gasteiger partial charge in [0, 0.05) is 22.9 Å². The van der Waals surface area contributed by atoms with E-state index in [4.69, 9.17) is 16.8 Å². The van der Waals surface area contributed by atoms with E-state index in [1.54, 1.807) is 17.6 Å². The van der Waals surface area contributed by atoms with E-state index < -0.39 is 5.91 Å². The van der Waals surface area contributed by atoms with Gasteiger partial charge in [0.25, 0.3) is 5.91 Å². The third-order valence-electron chi connectivity index (χ3n) is 4.83. The Morgan fingerprint density at radius 1 is 1.12 bits per heavy atom. The van der Waals surface area contributed by atoms with Crippen LogP contribution in [0.15, 0.2) is 42.5 Å². The maximum atomic E-state index is 12.5. The quantitative estimate of drug-likeness (QED) is 0.632. The number of amides is 1. The van der Waals surface area contributed by atoms with Crippen LogP contribution in [0.3, 0.4) is 0 Å². The smallest absolute Gasteiger partial charge is 0.274 e. The molecule has 0 aliphatic heterocycles. The van der Waals surface area contributed by atoms with Crippen molar-refractivity contribution in [3.63, 3.8) is 0 Å². The Morgan fingerprint density at radius 2 is 1.88 bits per heavy atom. The Morgan fingerprint density at radius 3 is 2.60 bits per heavy atom. The zero-order chi connectivity index (χ0) is 17.8. The molecule has 0 aromatic heterocycles. The van der Waals surface area contributed by atoms with Crippen molar-refractivity contribution in [3.8, 4) is 0 Å². The van der Waals surface area contributed by atoms with Crippen molar-refractivity contribution in [2.24, 2.45) is 5.92 Å². The van der Waals surface area contributed by atoms with Gasteiger partial charge in [-0.3, -0.25) is 14.8 Å². The number of carbonyl (C=O) groups is 2. The zero-order valence-electron chi connectivity index (χ0n) is 13.8. The summed E-state index contributed by atoms with van der Waals surface area (Å²) in [5.41, 5.74) is 5.41. The Kier molecular flexibility index (Phi) is 5.51. The molecule has 2 aromatic carbocycles. The molecule has 5 heteroatoms. The van der Waals surface area contributed by atoms with Gasteiger partial charge in [-0.25, -0.2) is 5.48 Å². The average Bonchev–Trinajstić information content (AvgIpc) is 2.65. The molecule has 0 saturated carbocycles. The van der Waals surface area contributed by atoms with Crippen LogP contribution in [0.2, 0.25) is 5.02 Å². The zero-order valence-corrected chi connectivity index (χ0v) is 14.6. The van der Waals surface area contributed by atoms with Gasteiger partial charge in [-0.15, -0.1) is 0 Å². The number of benzene rings is 2. The van der Waals surface area contributed by atoms with E-state index in [-0.39, 0.29) is 11.7 Å². The molecule has 2 N–H and O–H groups in total. The maximum Gasteiger partial charge on any atom is 0.274 e. The van der Waals surface area contributed by atoms with Gasteiger partial charge >= 0.3 is 0 Å². The third-order valence-corrected chi connectivity index (χ3v) is 5.08. The number of hydrogen-bond acceptors (Lipinski definition) is 3. The van der Waals surface area contributed by atoms with E-state index in [2.05, 4.69) is 0 Å². The molecular formula is C20H20ClNO3. The second-order valence-electron chi connectivity index (χ2n) is 6.46. The lowest BCUT2D eigenvalue weighted by molar-refractivity contribution is -0.123. The first kappa shape index (κ1) is 17.6. The van der Waals surface area contributed by atoms with Crippen molar-refractivity contribution in [3.05, 3.63) is 69.7 Å². The van der Waals surface area contributed by atoms with Gasteiger partial charge in [-0.05, 0) is 66.6 Å². The summed E-state index contributed by atoms with van der Waals surface area (Å²) in [5, 5.41) is 9.43. The van der Waals surface area contributed by atoms with Crippen LogP contribution in [0.4, 0.5) is 0 Å². The monoisotopic (exact) mass is 357 g/mol. The number of nitrogens with one attached hydrogen (secondary N) is 1. The molecule has 0 fully saturated rings. The normalized spacial score (nSPS) is 16.2. The van der Waals surface area contributed by atoms with Crippen LogP contribution in [0.25, 0.3) is 0 Å². The molecule has 1 unspecified atom stereocenters. The lowest BCUT2D eigenvalue weighted by Gasteiger charge is -2.24. The van der Waals surface area contributed by atoms with E-state index in [0.29, 0.717) is 17.0 Å². The van der Waals surface area contributed by atoms with Crippen molar-refractivity contribution < 1.29 is 14.8 Å². The minimum Gasteiger partial charge on any atom is -0.299 e. The number of hydrogen-bond donors (Lipinski definition) is 2. The molecule has 4 nitrogen and oxygen atoms in total. The van der Waals surface area contributed by atoms with Crippen molar-refractivity contribution >= 4 is 23.3 Å². The average molecular weight is 358 g/mol. The molecule has 3 rings (SSSR count). The molecule has 0 spiro atoms. The van der Waals surface area contributed by atoms with Crippen LogP contribution >= 0.6 is 11.6 Å². The van der Waals surface area contributed by atoms with Gasteiger partial charge < -0.3 is 0 Å². The number of rotatable bonds is 5. The minimum absolute atomic E-state index is 0.0392. The van der Waals surface area contributed by atoms with Gasteiger partial charge in [0.05, 0.1) is 0 Å². The fourth-order valence-corrected chi connectivity index (χ4v) is 3.48. The van der Waals surface area contributed by atoms with Gasteiger partial charge in [0.2, 0.25) is 0 Å². The number of halogens is 1. The molecule has 1 aliphatic carbocycles. The third kappa shape index (κ3) is 4.27. The highest BCUT2D eigenvalue weighted by Gasteiger charge is 2.24. The van der Waals surface area contributed by atoms with E-state index in [9.17, 15) is 9.59 Å². The number of hydroxylamine groups is 1. The van der Waals surface area contributed by atoms with Crippen LogP contribution in [-0.2, 0) is 24.1 Å². The summed E-state index contributed by atoms with van der Waals surface area (Å²) in [7, 11) is 0. The predicted molar refractivity (Wildman–Crippen MR) is 96.0 cm³/mol. The van der Waals surface area contributed by atoms with E-state index in [1.165, 1.54) is 0 Å². The van der Waals surface area contributed by atoms with Crippen LogP contribution in [0.1, 0.15) is 39.9 Å². The first-order valence-corrected chi connectivity index (χ1v) is 8.78. The molecular weight excluding hydrogens is 338 g/mol. The summed E-state index contributed by atoms with van der Waals surface area (Å²) in [6, 6.07) is 13.0. The molecule has 0 bridgehead atoms. The fourth-order valence-electron chi connectivity index (χ4n) is 3.36. The standard InChI is InChI=1S/C20H20ClNO3/c21-18-8-1-13(2-9-18)3-10-19(23)16-6-4-15-12-17(20(24)22-25)7-5-14(15)11-16/h1-2,5,7-9,12,16,25H,3-4,6,10-11H2,(H,22,24). The highest BCUT2D eigenvalue weighted by Crippen LogP contribution is 2.28. The van der Waals surface area contributed by atoms with Crippen LogP contribution in [-0.4, -0.2) is 16.9 Å². The molecule has 130 valence electrons. The Hall–Kier alpha value is -2.17. The van der Waals surface area contributed by atoms with Gasteiger partial charge in [0.15, 0.2) is 0 Å². The molecule has 1 amide bonds. The second kappa shape index (κ2) is 7.81. The summed E-state index contributed by atoms with van der Waals surface area (Å²) < 4.78 is 0. The second-order valence-corrected chi connectivity index (χ2v) is 6.89. The minimum atomic E-state index is -0.510. The highest BCUT2D eigenvalue weighted by molar-refractivity contribution is 6.30. The number of ketones is 1. The Balaban J connectivity index is 1.61. The molecule has 1 aliphatic rings. The van der Waals surface area contributed by atoms with Crippen LogP contribution in [0, 0.1) is 5.92 Å². The lowest BCUT2D eigenvalue weighted by Crippen LogP contribution is -2.24.